The van der Waals surface area contributed by atoms with E-state index >= 15 is 4.79 Å². The molecule has 0 saturated carbocycles. The van der Waals surface area contributed by atoms with E-state index in [4.69, 9.17) is 9.97 Å². The second-order valence-electron chi connectivity index (χ2n) is 20.8. The highest BCUT2D eigenvalue weighted by Gasteiger charge is 2.29. The molecule has 0 amide bonds. The van der Waals surface area contributed by atoms with Gasteiger partial charge in [-0.25, -0.2) is 9.97 Å². The molecular formula is C77H50N4O. The number of pyridine rings is 1. The van der Waals surface area contributed by atoms with Crippen LogP contribution in [0.2, 0.25) is 0 Å². The van der Waals surface area contributed by atoms with Crippen LogP contribution in [-0.2, 0) is 0 Å². The number of fused-ring (bicyclic) bond motifs is 8. The van der Waals surface area contributed by atoms with E-state index in [1.165, 1.54) is 0 Å². The van der Waals surface area contributed by atoms with Gasteiger partial charge in [0, 0.05) is 55.4 Å². The lowest BCUT2D eigenvalue weighted by Crippen LogP contribution is -2.22. The van der Waals surface area contributed by atoms with Crippen LogP contribution in [-0.4, -0.2) is 14.5 Å². The first-order valence-electron chi connectivity index (χ1n) is 27.7. The largest absolute Gasteiger partial charge is 0.309 e. The average molecular weight is 1050 g/mol. The standard InChI is InChI=1S/C77H50N4O/c82-77-64-37-20-19-36-63(64)68-48-61(54-28-13-4-14-29-54)49-69-67-47-59(53-26-11-3-12-27-53)39-42-73(67)80(62-35-21-34-60(44-62)76-78-70(55-30-15-5-16-31-55)50-71(79-76)56-32-17-6-18-33-56)72-41-38-57(51-22-7-1-8-23-51)45-65(72)66-46-58(52-24-9-2-10-25-52)40-43-74(66)81(77)75(68)69/h1-50H. The van der Waals surface area contributed by atoms with Gasteiger partial charge in [0.25, 0.3) is 5.56 Å². The molecule has 0 unspecified atom stereocenters. The van der Waals surface area contributed by atoms with Gasteiger partial charge in [0.1, 0.15) is 0 Å². The second kappa shape index (κ2) is 20.3. The number of rotatable bonds is 8. The van der Waals surface area contributed by atoms with E-state index in [0.29, 0.717) is 11.2 Å². The van der Waals surface area contributed by atoms with Gasteiger partial charge in [-0.2, -0.15) is 0 Å². The Morgan fingerprint density at radius 3 is 1.15 bits per heavy atom. The molecular weight excluding hydrogens is 997 g/mol. The molecule has 0 atom stereocenters. The molecule has 0 aliphatic carbocycles. The molecule has 0 bridgehead atoms. The molecule has 12 aromatic carbocycles. The number of benzene rings is 12. The summed E-state index contributed by atoms with van der Waals surface area (Å²) in [5, 5.41) is 2.50. The van der Waals surface area contributed by atoms with Crippen LogP contribution >= 0.6 is 0 Å². The molecule has 0 saturated heterocycles. The highest BCUT2D eigenvalue weighted by atomic mass is 16.1. The molecule has 0 radical (unpaired) electrons. The summed E-state index contributed by atoms with van der Waals surface area (Å²) in [5.41, 5.74) is 21.0. The predicted molar refractivity (Wildman–Crippen MR) is 340 cm³/mol. The van der Waals surface area contributed by atoms with Crippen molar-refractivity contribution in [1.82, 2.24) is 14.5 Å². The monoisotopic (exact) mass is 1050 g/mol. The Bertz CT molecular complexity index is 4740. The van der Waals surface area contributed by atoms with Gasteiger partial charge in [-0.3, -0.25) is 9.36 Å². The van der Waals surface area contributed by atoms with Gasteiger partial charge in [0.2, 0.25) is 0 Å². The third-order valence-corrected chi connectivity index (χ3v) is 15.9. The molecule has 3 heterocycles. The smallest absolute Gasteiger partial charge is 0.263 e. The maximum atomic E-state index is 16.1. The van der Waals surface area contributed by atoms with Crippen LogP contribution in [0.25, 0.3) is 128 Å². The van der Waals surface area contributed by atoms with Gasteiger partial charge in [0.15, 0.2) is 5.82 Å². The zero-order chi connectivity index (χ0) is 54.5. The lowest BCUT2D eigenvalue weighted by atomic mass is 9.88. The Labute approximate surface area is 475 Å². The summed E-state index contributed by atoms with van der Waals surface area (Å²) in [4.78, 5) is 29.3. The fourth-order valence-corrected chi connectivity index (χ4v) is 12.0. The highest BCUT2D eigenvalue weighted by molar-refractivity contribution is 6.15. The molecule has 82 heavy (non-hydrogen) atoms. The van der Waals surface area contributed by atoms with Crippen molar-refractivity contribution in [2.24, 2.45) is 0 Å². The van der Waals surface area contributed by atoms with Gasteiger partial charge in [-0.15, -0.1) is 0 Å². The Morgan fingerprint density at radius 1 is 0.256 bits per heavy atom. The Morgan fingerprint density at radius 2 is 0.646 bits per heavy atom. The van der Waals surface area contributed by atoms with Crippen molar-refractivity contribution < 1.29 is 0 Å². The molecule has 14 aromatic rings. The predicted octanol–water partition coefficient (Wildman–Crippen LogP) is 19.7. The molecule has 0 N–H and O–H groups in total. The van der Waals surface area contributed by atoms with E-state index in [9.17, 15) is 0 Å². The summed E-state index contributed by atoms with van der Waals surface area (Å²) in [6.07, 6.45) is 0. The van der Waals surface area contributed by atoms with Crippen LogP contribution in [0.4, 0.5) is 17.1 Å². The minimum atomic E-state index is -0.0928. The minimum Gasteiger partial charge on any atom is -0.309 e. The van der Waals surface area contributed by atoms with Crippen LogP contribution in [0.5, 0.6) is 0 Å². The maximum Gasteiger partial charge on any atom is 0.263 e. The maximum absolute atomic E-state index is 16.1. The van der Waals surface area contributed by atoms with E-state index in [-0.39, 0.29) is 5.56 Å². The lowest BCUT2D eigenvalue weighted by Gasteiger charge is -2.33. The number of anilines is 3. The number of aromatic nitrogens is 3. The van der Waals surface area contributed by atoms with Crippen molar-refractivity contribution in [2.75, 3.05) is 4.90 Å². The van der Waals surface area contributed by atoms with Crippen molar-refractivity contribution in [3.05, 3.63) is 314 Å². The van der Waals surface area contributed by atoms with Gasteiger partial charge in [0.05, 0.1) is 34.0 Å². The molecule has 2 aromatic heterocycles. The SMILES string of the molecule is O=c1c2ccccc2c2cc(-c3ccccc3)cc3c2n1-c1ccc(-c2ccccc2)cc1-c1cc(-c2ccccc2)ccc1N(c1cccc(-c2nc(-c4ccccc4)cc(-c4ccccc4)n2)c1)c1ccc(-c2ccccc2)cc1-3. The highest BCUT2D eigenvalue weighted by Crippen LogP contribution is 2.52. The topological polar surface area (TPSA) is 51.0 Å². The van der Waals surface area contributed by atoms with E-state index < -0.39 is 0 Å². The Balaban J connectivity index is 1.11. The Hall–Kier alpha value is -11.0. The summed E-state index contributed by atoms with van der Waals surface area (Å²) >= 11 is 0. The van der Waals surface area contributed by atoms with Gasteiger partial charge in [-0.05, 0) is 123 Å². The van der Waals surface area contributed by atoms with Crippen LogP contribution < -0.4 is 10.5 Å². The van der Waals surface area contributed by atoms with Crippen molar-refractivity contribution in [3.63, 3.8) is 0 Å². The zero-order valence-corrected chi connectivity index (χ0v) is 44.6. The van der Waals surface area contributed by atoms with Crippen molar-refractivity contribution in [3.8, 4) is 106 Å². The third kappa shape index (κ3) is 8.56. The van der Waals surface area contributed by atoms with Crippen LogP contribution in [0.15, 0.2) is 308 Å². The normalized spacial score (nSPS) is 11.7. The van der Waals surface area contributed by atoms with Crippen LogP contribution in [0.3, 0.4) is 0 Å². The number of hydrogen-bond donors (Lipinski definition) is 0. The number of hydrogen-bond acceptors (Lipinski definition) is 4. The molecule has 384 valence electrons. The van der Waals surface area contributed by atoms with Crippen molar-refractivity contribution in [2.45, 2.75) is 0 Å². The fourth-order valence-electron chi connectivity index (χ4n) is 12.0. The molecule has 0 spiro atoms. The summed E-state index contributed by atoms with van der Waals surface area (Å²) in [5.74, 6) is 0.609. The Kier molecular flexibility index (Phi) is 11.9. The minimum absolute atomic E-state index is 0.0928. The molecule has 0 fully saturated rings. The zero-order valence-electron chi connectivity index (χ0n) is 44.6. The van der Waals surface area contributed by atoms with Gasteiger partial charge < -0.3 is 4.90 Å². The van der Waals surface area contributed by atoms with E-state index in [2.05, 4.69) is 278 Å². The van der Waals surface area contributed by atoms with E-state index in [1.807, 2.05) is 34.9 Å². The quantitative estimate of drug-likeness (QED) is 0.142. The number of nitrogens with zero attached hydrogens (tertiary/aromatic N) is 4. The second-order valence-corrected chi connectivity index (χ2v) is 20.8. The molecule has 1 aliphatic rings. The molecule has 1 aliphatic heterocycles. The van der Waals surface area contributed by atoms with Crippen LogP contribution in [0, 0.1) is 0 Å². The summed E-state index contributed by atoms with van der Waals surface area (Å²) in [6, 6.07) is 107. The fraction of sp³-hybridized carbons (Fsp3) is 0. The first-order chi connectivity index (χ1) is 40.6. The van der Waals surface area contributed by atoms with Gasteiger partial charge >= 0.3 is 0 Å². The lowest BCUT2D eigenvalue weighted by molar-refractivity contribution is 1.06. The van der Waals surface area contributed by atoms with Crippen LogP contribution in [0.1, 0.15) is 0 Å². The molecule has 15 rings (SSSR count). The molecule has 5 nitrogen and oxygen atoms in total. The molecule has 5 heteroatoms. The van der Waals surface area contributed by atoms with E-state index in [0.717, 1.165) is 134 Å². The van der Waals surface area contributed by atoms with Gasteiger partial charge in [-0.1, -0.05) is 231 Å². The first-order valence-corrected chi connectivity index (χ1v) is 27.7. The summed E-state index contributed by atoms with van der Waals surface area (Å²) in [7, 11) is 0. The average Bonchev–Trinajstić information content (AvgIpc) is 3.09. The van der Waals surface area contributed by atoms with E-state index in [1.54, 1.807) is 0 Å². The van der Waals surface area contributed by atoms with Crippen molar-refractivity contribution in [1.29, 1.82) is 0 Å². The summed E-state index contributed by atoms with van der Waals surface area (Å²) < 4.78 is 2.02. The first kappa shape index (κ1) is 48.1. The summed E-state index contributed by atoms with van der Waals surface area (Å²) in [6.45, 7) is 0. The third-order valence-electron chi connectivity index (χ3n) is 15.9. The van der Waals surface area contributed by atoms with Crippen molar-refractivity contribution >= 4 is 38.7 Å².